The highest BCUT2D eigenvalue weighted by Crippen LogP contribution is 2.38. The zero-order valence-corrected chi connectivity index (χ0v) is 15.2. The molecule has 1 aliphatic heterocycles. The number of hydrogen-bond donors (Lipinski definition) is 1. The lowest BCUT2D eigenvalue weighted by atomic mass is 10.2. The van der Waals surface area contributed by atoms with Crippen LogP contribution in [0.5, 0.6) is 11.5 Å². The maximum atomic E-state index is 12.2. The maximum Gasteiger partial charge on any atom is 0.284 e. The van der Waals surface area contributed by atoms with Gasteiger partial charge >= 0.3 is 0 Å². The van der Waals surface area contributed by atoms with Crippen molar-refractivity contribution in [3.05, 3.63) is 63.0 Å². The minimum atomic E-state index is -0.263. The molecule has 1 amide bonds. The number of aliphatic imine (C=N–C) groups is 1. The number of benzene rings is 2. The highest BCUT2D eigenvalue weighted by Gasteiger charge is 2.23. The predicted octanol–water partition coefficient (Wildman–Crippen LogP) is 4.61. The summed E-state index contributed by atoms with van der Waals surface area (Å²) < 4.78 is 5.92. The Kier molecular flexibility index (Phi) is 5.06. The van der Waals surface area contributed by atoms with E-state index in [-0.39, 0.29) is 11.7 Å². The summed E-state index contributed by atoms with van der Waals surface area (Å²) in [5.41, 5.74) is 1.67. The van der Waals surface area contributed by atoms with Gasteiger partial charge in [-0.25, -0.2) is 4.99 Å². The van der Waals surface area contributed by atoms with Gasteiger partial charge in [-0.1, -0.05) is 42.1 Å². The van der Waals surface area contributed by atoms with Crippen molar-refractivity contribution in [2.75, 3.05) is 6.61 Å². The normalized spacial score (nSPS) is 15.7. The number of phenols is 1. The highest BCUT2D eigenvalue weighted by molar-refractivity contribution is 9.10. The van der Waals surface area contributed by atoms with Crippen LogP contribution < -0.4 is 4.74 Å². The van der Waals surface area contributed by atoms with Crippen molar-refractivity contribution in [1.29, 1.82) is 0 Å². The van der Waals surface area contributed by atoms with Crippen LogP contribution in [0.4, 0.5) is 0 Å². The highest BCUT2D eigenvalue weighted by atomic mass is 79.9. The van der Waals surface area contributed by atoms with Crippen molar-refractivity contribution in [3.63, 3.8) is 0 Å². The molecule has 0 saturated carbocycles. The van der Waals surface area contributed by atoms with Crippen molar-refractivity contribution in [2.45, 2.75) is 6.92 Å². The fraction of sp³-hybridized carbons (Fsp3) is 0.111. The SMILES string of the molecule is CCOc1cc(C=C2SC(c3ccccc3)=NC2=O)cc(Br)c1O. The van der Waals surface area contributed by atoms with Crippen molar-refractivity contribution < 1.29 is 14.6 Å². The lowest BCUT2D eigenvalue weighted by Gasteiger charge is -2.08. The summed E-state index contributed by atoms with van der Waals surface area (Å²) in [5, 5.41) is 10.7. The zero-order valence-electron chi connectivity index (χ0n) is 12.8. The van der Waals surface area contributed by atoms with E-state index in [4.69, 9.17) is 4.74 Å². The van der Waals surface area contributed by atoms with E-state index in [0.717, 1.165) is 11.1 Å². The number of phenolic OH excluding ortho intramolecular Hbond substituents is 1. The average molecular weight is 404 g/mol. The Balaban J connectivity index is 1.89. The summed E-state index contributed by atoms with van der Waals surface area (Å²) >= 11 is 4.64. The molecule has 1 N–H and O–H groups in total. The molecule has 0 fully saturated rings. The molecule has 2 aromatic carbocycles. The number of amides is 1. The predicted molar refractivity (Wildman–Crippen MR) is 101 cm³/mol. The van der Waals surface area contributed by atoms with E-state index < -0.39 is 0 Å². The summed E-state index contributed by atoms with van der Waals surface area (Å²) in [6, 6.07) is 13.0. The van der Waals surface area contributed by atoms with E-state index in [1.165, 1.54) is 11.8 Å². The second-order valence-electron chi connectivity index (χ2n) is 4.98. The molecular formula is C18H14BrNO3S. The summed E-state index contributed by atoms with van der Waals surface area (Å²) in [4.78, 5) is 16.8. The van der Waals surface area contributed by atoms with Gasteiger partial charge in [0.1, 0.15) is 5.04 Å². The number of thioether (sulfide) groups is 1. The Hall–Kier alpha value is -2.05. The van der Waals surface area contributed by atoms with Crippen LogP contribution >= 0.6 is 27.7 Å². The molecule has 1 heterocycles. The van der Waals surface area contributed by atoms with Crippen LogP contribution in [-0.2, 0) is 4.79 Å². The van der Waals surface area contributed by atoms with Gasteiger partial charge in [-0.15, -0.1) is 0 Å². The molecule has 3 rings (SSSR count). The van der Waals surface area contributed by atoms with Crippen LogP contribution in [0.3, 0.4) is 0 Å². The standard InChI is InChI=1S/C18H14BrNO3S/c1-2-23-14-9-11(8-13(19)16(14)21)10-15-17(22)20-18(24-15)12-6-4-3-5-7-12/h3-10,21H,2H2,1H3. The van der Waals surface area contributed by atoms with Crippen molar-refractivity contribution in [3.8, 4) is 11.5 Å². The Morgan fingerprint density at radius 2 is 2.04 bits per heavy atom. The van der Waals surface area contributed by atoms with Crippen LogP contribution in [0.2, 0.25) is 0 Å². The molecule has 0 aliphatic carbocycles. The monoisotopic (exact) mass is 403 g/mol. The second-order valence-corrected chi connectivity index (χ2v) is 6.87. The third-order valence-corrected chi connectivity index (χ3v) is 4.93. The first-order valence-electron chi connectivity index (χ1n) is 7.31. The minimum absolute atomic E-state index is 0.0469. The Bertz CT molecular complexity index is 847. The Morgan fingerprint density at radius 1 is 1.29 bits per heavy atom. The summed E-state index contributed by atoms with van der Waals surface area (Å²) in [5.74, 6) is 0.157. The molecule has 0 aromatic heterocycles. The molecule has 0 saturated heterocycles. The molecule has 0 bridgehead atoms. The number of ether oxygens (including phenoxy) is 1. The van der Waals surface area contributed by atoms with Gasteiger partial charge in [0.05, 0.1) is 16.0 Å². The number of halogens is 1. The maximum absolute atomic E-state index is 12.2. The van der Waals surface area contributed by atoms with E-state index in [1.54, 1.807) is 18.2 Å². The van der Waals surface area contributed by atoms with Gasteiger partial charge in [-0.2, -0.15) is 0 Å². The zero-order chi connectivity index (χ0) is 17.1. The van der Waals surface area contributed by atoms with E-state index >= 15 is 0 Å². The van der Waals surface area contributed by atoms with Gasteiger partial charge < -0.3 is 9.84 Å². The third kappa shape index (κ3) is 3.55. The van der Waals surface area contributed by atoms with Crippen LogP contribution in [-0.4, -0.2) is 22.7 Å². The summed E-state index contributed by atoms with van der Waals surface area (Å²) in [6.45, 7) is 2.28. The topological polar surface area (TPSA) is 58.9 Å². The van der Waals surface area contributed by atoms with E-state index in [0.29, 0.717) is 26.8 Å². The van der Waals surface area contributed by atoms with Gasteiger partial charge in [-0.3, -0.25) is 4.79 Å². The quantitative estimate of drug-likeness (QED) is 0.756. The number of hydrogen-bond acceptors (Lipinski definition) is 4. The second kappa shape index (κ2) is 7.23. The first-order chi connectivity index (χ1) is 11.6. The van der Waals surface area contributed by atoms with E-state index in [2.05, 4.69) is 20.9 Å². The van der Waals surface area contributed by atoms with Gasteiger partial charge in [0.25, 0.3) is 5.91 Å². The molecule has 0 unspecified atom stereocenters. The fourth-order valence-electron chi connectivity index (χ4n) is 2.21. The van der Waals surface area contributed by atoms with Crippen LogP contribution in [0.15, 0.2) is 56.8 Å². The average Bonchev–Trinajstić information content (AvgIpc) is 2.94. The molecule has 0 atom stereocenters. The van der Waals surface area contributed by atoms with E-state index in [1.807, 2.05) is 37.3 Å². The number of rotatable bonds is 4. The largest absolute Gasteiger partial charge is 0.503 e. The van der Waals surface area contributed by atoms with Crippen molar-refractivity contribution in [1.82, 2.24) is 0 Å². The van der Waals surface area contributed by atoms with Crippen LogP contribution in [0.25, 0.3) is 6.08 Å². The molecule has 2 aromatic rings. The lowest BCUT2D eigenvalue weighted by molar-refractivity contribution is -0.113. The first kappa shape index (κ1) is 16.8. The molecule has 0 radical (unpaired) electrons. The number of carbonyl (C=O) groups excluding carboxylic acids is 1. The van der Waals surface area contributed by atoms with Gasteiger partial charge in [-0.05, 0) is 46.6 Å². The minimum Gasteiger partial charge on any atom is -0.503 e. The molecule has 4 nitrogen and oxygen atoms in total. The first-order valence-corrected chi connectivity index (χ1v) is 8.92. The number of aromatic hydroxyl groups is 1. The van der Waals surface area contributed by atoms with Gasteiger partial charge in [0.2, 0.25) is 0 Å². The van der Waals surface area contributed by atoms with Gasteiger partial charge in [0, 0.05) is 5.56 Å². The number of carbonyl (C=O) groups is 1. The molecule has 24 heavy (non-hydrogen) atoms. The molecule has 6 heteroatoms. The third-order valence-electron chi connectivity index (χ3n) is 3.29. The lowest BCUT2D eigenvalue weighted by Crippen LogP contribution is -1.93. The molecule has 1 aliphatic rings. The summed E-state index contributed by atoms with van der Waals surface area (Å²) in [6.07, 6.45) is 1.75. The summed E-state index contributed by atoms with van der Waals surface area (Å²) in [7, 11) is 0. The van der Waals surface area contributed by atoms with Crippen LogP contribution in [0.1, 0.15) is 18.1 Å². The van der Waals surface area contributed by atoms with Crippen molar-refractivity contribution >= 4 is 44.7 Å². The molecular weight excluding hydrogens is 390 g/mol. The smallest absolute Gasteiger partial charge is 0.284 e. The van der Waals surface area contributed by atoms with Crippen LogP contribution in [0, 0.1) is 0 Å². The molecule has 0 spiro atoms. The number of nitrogens with zero attached hydrogens (tertiary/aromatic N) is 1. The molecule has 122 valence electrons. The fourth-order valence-corrected chi connectivity index (χ4v) is 3.59. The van der Waals surface area contributed by atoms with Gasteiger partial charge in [0.15, 0.2) is 11.5 Å². The van der Waals surface area contributed by atoms with Crippen molar-refractivity contribution in [2.24, 2.45) is 4.99 Å². The Labute approximate surface area is 152 Å². The Morgan fingerprint density at radius 3 is 2.75 bits per heavy atom. The van der Waals surface area contributed by atoms with E-state index in [9.17, 15) is 9.90 Å².